The highest BCUT2D eigenvalue weighted by molar-refractivity contribution is 7.79. The summed E-state index contributed by atoms with van der Waals surface area (Å²) in [7, 11) is 0. The summed E-state index contributed by atoms with van der Waals surface area (Å²) in [4.78, 5) is 0. The molecule has 0 amide bonds. The Morgan fingerprint density at radius 3 is 2.00 bits per heavy atom. The quantitative estimate of drug-likeness (QED) is 0.621. The van der Waals surface area contributed by atoms with E-state index >= 15 is 0 Å². The van der Waals surface area contributed by atoms with E-state index in [2.05, 4.69) is 12.6 Å². The van der Waals surface area contributed by atoms with E-state index in [-0.39, 0.29) is 0 Å². The van der Waals surface area contributed by atoms with Crippen LogP contribution in [-0.2, 0) is 5.75 Å². The standard InChI is InChI=1S/C7H8OS.C2H6/c8-7-3-1-6(5-9)2-4-7;1-2/h1-4,8-9H,5H2;1-2H3. The van der Waals surface area contributed by atoms with E-state index in [1.54, 1.807) is 12.1 Å². The summed E-state index contributed by atoms with van der Waals surface area (Å²) < 4.78 is 0. The summed E-state index contributed by atoms with van der Waals surface area (Å²) in [6.07, 6.45) is 0. The van der Waals surface area contributed by atoms with E-state index in [0.717, 1.165) is 11.3 Å². The third-order valence-corrected chi connectivity index (χ3v) is 1.48. The first-order chi connectivity index (χ1) is 5.33. The van der Waals surface area contributed by atoms with E-state index in [1.807, 2.05) is 26.0 Å². The lowest BCUT2D eigenvalue weighted by molar-refractivity contribution is 0.475. The minimum absolute atomic E-state index is 0.306. The van der Waals surface area contributed by atoms with Gasteiger partial charge in [-0.15, -0.1) is 0 Å². The highest BCUT2D eigenvalue weighted by Crippen LogP contribution is 2.10. The van der Waals surface area contributed by atoms with Crippen LogP contribution in [0, 0.1) is 0 Å². The number of hydrogen-bond acceptors (Lipinski definition) is 2. The molecule has 0 bridgehead atoms. The van der Waals surface area contributed by atoms with Gasteiger partial charge >= 0.3 is 0 Å². The molecule has 0 unspecified atom stereocenters. The molecule has 1 N–H and O–H groups in total. The number of thiol groups is 1. The van der Waals surface area contributed by atoms with Crippen LogP contribution in [0.4, 0.5) is 0 Å². The Morgan fingerprint density at radius 1 is 1.18 bits per heavy atom. The van der Waals surface area contributed by atoms with Crippen LogP contribution < -0.4 is 0 Å². The summed E-state index contributed by atoms with van der Waals surface area (Å²) in [6.45, 7) is 4.00. The van der Waals surface area contributed by atoms with Gasteiger partial charge in [-0.3, -0.25) is 0 Å². The second-order valence-electron chi connectivity index (χ2n) is 1.82. The third kappa shape index (κ3) is 3.94. The molecule has 0 atom stereocenters. The summed E-state index contributed by atoms with van der Waals surface area (Å²) in [5.74, 6) is 1.03. The molecule has 0 radical (unpaired) electrons. The van der Waals surface area contributed by atoms with E-state index in [1.165, 1.54) is 0 Å². The van der Waals surface area contributed by atoms with Crippen LogP contribution in [0.15, 0.2) is 24.3 Å². The maximum atomic E-state index is 8.83. The fourth-order valence-corrected chi connectivity index (χ4v) is 0.812. The minimum atomic E-state index is 0.306. The molecule has 0 saturated heterocycles. The summed E-state index contributed by atoms with van der Waals surface area (Å²) in [5.41, 5.74) is 1.12. The Labute approximate surface area is 73.5 Å². The molecule has 0 aliphatic rings. The van der Waals surface area contributed by atoms with Gasteiger partial charge in [-0.25, -0.2) is 0 Å². The lowest BCUT2D eigenvalue weighted by atomic mass is 10.2. The number of aromatic hydroxyl groups is 1. The van der Waals surface area contributed by atoms with Crippen LogP contribution in [0.5, 0.6) is 5.75 Å². The van der Waals surface area contributed by atoms with Crippen molar-refractivity contribution >= 4 is 12.6 Å². The minimum Gasteiger partial charge on any atom is -0.508 e. The fourth-order valence-electron chi connectivity index (χ4n) is 0.601. The smallest absolute Gasteiger partial charge is 0.115 e. The average Bonchev–Trinajstić information content (AvgIpc) is 2.10. The second kappa shape index (κ2) is 6.10. The Bertz CT molecular complexity index is 181. The second-order valence-corrected chi connectivity index (χ2v) is 2.14. The van der Waals surface area contributed by atoms with Gasteiger partial charge in [-0.2, -0.15) is 12.6 Å². The molecule has 1 aromatic rings. The first-order valence-electron chi connectivity index (χ1n) is 3.71. The monoisotopic (exact) mass is 170 g/mol. The van der Waals surface area contributed by atoms with E-state index < -0.39 is 0 Å². The molecule has 0 fully saturated rings. The number of phenols is 1. The van der Waals surface area contributed by atoms with Gasteiger partial charge in [0.1, 0.15) is 5.75 Å². The molecule has 0 aromatic heterocycles. The number of rotatable bonds is 1. The number of benzene rings is 1. The molecule has 0 saturated carbocycles. The number of phenolic OH excluding ortho intramolecular Hbond substituents is 1. The third-order valence-electron chi connectivity index (χ3n) is 1.12. The summed E-state index contributed by atoms with van der Waals surface area (Å²) in [6, 6.07) is 7.02. The molecule has 62 valence electrons. The largest absolute Gasteiger partial charge is 0.508 e. The molecule has 0 spiro atoms. The molecule has 11 heavy (non-hydrogen) atoms. The Balaban J connectivity index is 0.000000461. The van der Waals surface area contributed by atoms with Crippen LogP contribution in [0.2, 0.25) is 0 Å². The number of hydrogen-bond donors (Lipinski definition) is 2. The van der Waals surface area contributed by atoms with Gasteiger partial charge in [0, 0.05) is 5.75 Å². The van der Waals surface area contributed by atoms with Crippen LogP contribution in [0.1, 0.15) is 19.4 Å². The van der Waals surface area contributed by atoms with Crippen molar-refractivity contribution in [2.45, 2.75) is 19.6 Å². The van der Waals surface area contributed by atoms with Crippen molar-refractivity contribution in [1.29, 1.82) is 0 Å². The topological polar surface area (TPSA) is 20.2 Å². The van der Waals surface area contributed by atoms with Gasteiger partial charge in [0.05, 0.1) is 0 Å². The first-order valence-corrected chi connectivity index (χ1v) is 4.35. The van der Waals surface area contributed by atoms with Crippen LogP contribution in [-0.4, -0.2) is 5.11 Å². The lowest BCUT2D eigenvalue weighted by Crippen LogP contribution is -1.73. The molecule has 0 aliphatic heterocycles. The molecular formula is C9H14OS. The summed E-state index contributed by atoms with van der Waals surface area (Å²) >= 11 is 4.06. The molecule has 0 heterocycles. The van der Waals surface area contributed by atoms with Gasteiger partial charge < -0.3 is 5.11 Å². The zero-order chi connectivity index (χ0) is 8.69. The van der Waals surface area contributed by atoms with E-state index in [0.29, 0.717) is 5.75 Å². The Morgan fingerprint density at radius 2 is 1.64 bits per heavy atom. The van der Waals surface area contributed by atoms with Crippen LogP contribution >= 0.6 is 12.6 Å². The highest BCUT2D eigenvalue weighted by Gasteiger charge is 1.87. The van der Waals surface area contributed by atoms with Crippen molar-refractivity contribution in [3.8, 4) is 5.75 Å². The zero-order valence-corrected chi connectivity index (χ0v) is 7.81. The Hall–Kier alpha value is -0.630. The zero-order valence-electron chi connectivity index (χ0n) is 6.91. The fraction of sp³-hybridized carbons (Fsp3) is 0.333. The van der Waals surface area contributed by atoms with Crippen molar-refractivity contribution in [3.05, 3.63) is 29.8 Å². The van der Waals surface area contributed by atoms with E-state index in [4.69, 9.17) is 5.11 Å². The summed E-state index contributed by atoms with van der Waals surface area (Å²) in [5, 5.41) is 8.83. The van der Waals surface area contributed by atoms with Crippen molar-refractivity contribution in [2.24, 2.45) is 0 Å². The lowest BCUT2D eigenvalue weighted by Gasteiger charge is -1.93. The molecule has 1 nitrogen and oxygen atoms in total. The SMILES string of the molecule is CC.Oc1ccc(CS)cc1. The molecule has 1 aromatic carbocycles. The molecule has 0 aliphatic carbocycles. The van der Waals surface area contributed by atoms with Crippen molar-refractivity contribution in [1.82, 2.24) is 0 Å². The first kappa shape index (κ1) is 10.4. The molecular weight excluding hydrogens is 156 g/mol. The average molecular weight is 170 g/mol. The van der Waals surface area contributed by atoms with Crippen molar-refractivity contribution in [2.75, 3.05) is 0 Å². The van der Waals surface area contributed by atoms with Gasteiger partial charge in [-0.1, -0.05) is 26.0 Å². The Kier molecular flexibility index (Phi) is 5.75. The van der Waals surface area contributed by atoms with Crippen LogP contribution in [0.3, 0.4) is 0 Å². The maximum absolute atomic E-state index is 8.83. The normalized spacial score (nSPS) is 8.27. The molecule has 2 heteroatoms. The predicted octanol–water partition coefficient (Wildman–Crippen LogP) is 2.85. The van der Waals surface area contributed by atoms with Crippen molar-refractivity contribution in [3.63, 3.8) is 0 Å². The van der Waals surface area contributed by atoms with Gasteiger partial charge in [-0.05, 0) is 17.7 Å². The van der Waals surface area contributed by atoms with Gasteiger partial charge in [0.25, 0.3) is 0 Å². The highest BCUT2D eigenvalue weighted by atomic mass is 32.1. The van der Waals surface area contributed by atoms with Gasteiger partial charge in [0.2, 0.25) is 0 Å². The predicted molar refractivity (Wildman–Crippen MR) is 52.1 cm³/mol. The van der Waals surface area contributed by atoms with Gasteiger partial charge in [0.15, 0.2) is 0 Å². The maximum Gasteiger partial charge on any atom is 0.115 e. The van der Waals surface area contributed by atoms with E-state index in [9.17, 15) is 0 Å². The van der Waals surface area contributed by atoms with Crippen LogP contribution in [0.25, 0.3) is 0 Å². The van der Waals surface area contributed by atoms with Crippen molar-refractivity contribution < 1.29 is 5.11 Å². The molecule has 1 rings (SSSR count).